The largest absolute Gasteiger partial charge is 0.455 e. The summed E-state index contributed by atoms with van der Waals surface area (Å²) >= 11 is 0. The third kappa shape index (κ3) is 5.21. The fraction of sp³-hybridized carbons (Fsp3) is 0. The Morgan fingerprint density at radius 1 is 0.429 bits per heavy atom. The van der Waals surface area contributed by atoms with Gasteiger partial charge in [-0.2, -0.15) is 0 Å². The number of benzene rings is 8. The van der Waals surface area contributed by atoms with Crippen LogP contribution in [0.5, 0.6) is 0 Å². The molecule has 0 bridgehead atoms. The van der Waals surface area contributed by atoms with Crippen molar-refractivity contribution >= 4 is 43.7 Å². The van der Waals surface area contributed by atoms with Crippen LogP contribution in [0, 0.1) is 0 Å². The first kappa shape index (κ1) is 26.2. The molecular formula is C51H32N4O. The van der Waals surface area contributed by atoms with Gasteiger partial charge in [-0.25, -0.2) is 15.0 Å². The lowest BCUT2D eigenvalue weighted by Gasteiger charge is -2.16. The summed E-state index contributed by atoms with van der Waals surface area (Å²) in [4.78, 5) is 15.1. The van der Waals surface area contributed by atoms with E-state index in [1.807, 2.05) is 121 Å². The number of fused-ring (bicyclic) bond motifs is 6. The highest BCUT2D eigenvalue weighted by molar-refractivity contribution is 6.15. The lowest BCUT2D eigenvalue weighted by molar-refractivity contribution is 0.670. The second kappa shape index (κ2) is 13.0. The second-order valence-electron chi connectivity index (χ2n) is 13.5. The third-order valence-corrected chi connectivity index (χ3v) is 10.2. The Morgan fingerprint density at radius 2 is 1.00 bits per heavy atom. The molecule has 0 aliphatic heterocycles. The highest BCUT2D eigenvalue weighted by Gasteiger charge is 2.22. The molecule has 11 rings (SSSR count). The predicted octanol–water partition coefficient (Wildman–Crippen LogP) is 13.2. The smallest absolute Gasteiger partial charge is 0.166 e. The summed E-state index contributed by atoms with van der Waals surface area (Å²) in [6, 6.07) is 49.1. The van der Waals surface area contributed by atoms with Crippen molar-refractivity contribution in [3.8, 4) is 62.1 Å². The van der Waals surface area contributed by atoms with Gasteiger partial charge in [-0.15, -0.1) is 0 Å². The van der Waals surface area contributed by atoms with Crippen LogP contribution in [0.15, 0.2) is 198 Å². The maximum atomic E-state index is 9.32. The molecule has 3 heterocycles. The van der Waals surface area contributed by atoms with Crippen molar-refractivity contribution in [1.29, 1.82) is 0 Å². The van der Waals surface area contributed by atoms with Crippen LogP contribution in [-0.4, -0.2) is 19.5 Å². The molecule has 0 fully saturated rings. The number of nitrogens with zero attached hydrogens (tertiary/aromatic N) is 4. The van der Waals surface area contributed by atoms with Crippen LogP contribution in [0.4, 0.5) is 0 Å². The van der Waals surface area contributed by atoms with Crippen molar-refractivity contribution in [3.63, 3.8) is 0 Å². The van der Waals surface area contributed by atoms with Crippen molar-refractivity contribution in [2.24, 2.45) is 0 Å². The topological polar surface area (TPSA) is 56.7 Å². The molecule has 5 heteroatoms. The highest BCUT2D eigenvalue weighted by Crippen LogP contribution is 2.43. The molecule has 0 aliphatic carbocycles. The zero-order valence-electron chi connectivity index (χ0n) is 35.7. The van der Waals surface area contributed by atoms with Crippen LogP contribution in [0.3, 0.4) is 0 Å². The zero-order valence-corrected chi connectivity index (χ0v) is 29.7. The number of hydrogen-bond acceptors (Lipinski definition) is 4. The lowest BCUT2D eigenvalue weighted by atomic mass is 9.96. The molecule has 0 radical (unpaired) electrons. The van der Waals surface area contributed by atoms with Crippen molar-refractivity contribution in [3.05, 3.63) is 194 Å². The van der Waals surface area contributed by atoms with Crippen LogP contribution in [0.1, 0.15) is 8.22 Å². The molecule has 56 heavy (non-hydrogen) atoms. The maximum Gasteiger partial charge on any atom is 0.166 e. The molecule has 0 saturated carbocycles. The number of rotatable bonds is 6. The molecule has 8 aromatic carbocycles. The van der Waals surface area contributed by atoms with Gasteiger partial charge in [-0.1, -0.05) is 164 Å². The number of para-hydroxylation sites is 3. The molecule has 5 nitrogen and oxygen atoms in total. The van der Waals surface area contributed by atoms with E-state index < -0.39 is 0 Å². The first-order valence-electron chi connectivity index (χ1n) is 21.3. The summed E-state index contributed by atoms with van der Waals surface area (Å²) in [6.45, 7) is 0. The van der Waals surface area contributed by atoms with Crippen molar-refractivity contribution in [2.75, 3.05) is 0 Å². The fourth-order valence-corrected chi connectivity index (χ4v) is 7.69. The van der Waals surface area contributed by atoms with E-state index in [1.54, 1.807) is 4.57 Å². The van der Waals surface area contributed by atoms with Gasteiger partial charge in [0.2, 0.25) is 0 Å². The molecule has 0 N–H and O–H groups in total. The van der Waals surface area contributed by atoms with Crippen LogP contribution in [0.2, 0.25) is 0 Å². The Labute approximate surface area is 331 Å². The maximum absolute atomic E-state index is 9.32. The lowest BCUT2D eigenvalue weighted by Crippen LogP contribution is -2.04. The first-order valence-corrected chi connectivity index (χ1v) is 18.3. The molecular weight excluding hydrogens is 685 g/mol. The van der Waals surface area contributed by atoms with E-state index >= 15 is 0 Å². The summed E-state index contributed by atoms with van der Waals surface area (Å²) in [5, 5.41) is 2.23. The summed E-state index contributed by atoms with van der Waals surface area (Å²) in [7, 11) is 0. The average Bonchev–Trinajstić information content (AvgIpc) is 3.89. The van der Waals surface area contributed by atoms with E-state index in [9.17, 15) is 2.74 Å². The number of hydrogen-bond donors (Lipinski definition) is 0. The van der Waals surface area contributed by atoms with Gasteiger partial charge in [0.25, 0.3) is 0 Å². The highest BCUT2D eigenvalue weighted by atomic mass is 16.3. The summed E-state index contributed by atoms with van der Waals surface area (Å²) in [6.07, 6.45) is 0. The van der Waals surface area contributed by atoms with Crippen molar-refractivity contribution in [2.45, 2.75) is 0 Å². The molecule has 0 spiro atoms. The van der Waals surface area contributed by atoms with Crippen molar-refractivity contribution < 1.29 is 12.6 Å². The minimum Gasteiger partial charge on any atom is -0.455 e. The van der Waals surface area contributed by atoms with Gasteiger partial charge in [0.05, 0.1) is 24.9 Å². The number of furan rings is 1. The Morgan fingerprint density at radius 3 is 1.64 bits per heavy atom. The molecule has 3 aromatic heterocycles. The van der Waals surface area contributed by atoms with Crippen molar-refractivity contribution in [1.82, 2.24) is 19.5 Å². The van der Waals surface area contributed by atoms with E-state index in [0.29, 0.717) is 34.3 Å². The molecule has 11 aromatic rings. The Hall–Kier alpha value is -7.63. The predicted molar refractivity (Wildman–Crippen MR) is 229 cm³/mol. The van der Waals surface area contributed by atoms with Crippen LogP contribution < -0.4 is 0 Å². The Bertz CT molecular complexity index is 3460. The minimum atomic E-state index is -0.199. The molecule has 0 saturated heterocycles. The quantitative estimate of drug-likeness (QED) is 0.171. The zero-order chi connectivity index (χ0) is 42.2. The molecule has 0 aliphatic rings. The van der Waals surface area contributed by atoms with Gasteiger partial charge >= 0.3 is 0 Å². The van der Waals surface area contributed by atoms with Gasteiger partial charge in [-0.05, 0) is 47.0 Å². The molecule has 262 valence electrons. The van der Waals surface area contributed by atoms with Gasteiger partial charge in [-0.3, -0.25) is 0 Å². The number of aromatic nitrogens is 4. The summed E-state index contributed by atoms with van der Waals surface area (Å²) < 4.78 is 62.5. The average molecular weight is 723 g/mol. The van der Waals surface area contributed by atoms with Gasteiger partial charge in [0, 0.05) is 43.8 Å². The molecule has 0 amide bonds. The van der Waals surface area contributed by atoms with E-state index in [1.165, 1.54) is 12.1 Å². The second-order valence-corrected chi connectivity index (χ2v) is 13.5. The summed E-state index contributed by atoms with van der Waals surface area (Å²) in [5.74, 6) is 1.19. The van der Waals surface area contributed by atoms with Gasteiger partial charge in [0.1, 0.15) is 11.2 Å². The molecule has 0 unspecified atom stereocenters. The standard InChI is InChI=1S/C51H32N4O/c1-4-16-33(17-5-1)37-24-15-29-46-47(37)42-26-14-25-38(48(42)56-46)36-30-31-41(45(32-36)55-43-27-12-10-22-39(43)40-23-11-13-28-44(40)55)51-53-49(34-18-6-2-7-19-34)52-50(54-51)35-20-8-3-9-21-35/h1-32H/i10D,11D,22D,23D,27D,28D. The van der Waals surface area contributed by atoms with E-state index in [4.69, 9.17) is 24.9 Å². The first-order chi connectivity index (χ1) is 30.2. The molecule has 0 atom stereocenters. The SMILES string of the molecule is [2H]c1cc([2H])c2c(c1[2H])c1c([2H])c([2H])cc([2H])c1n2-c1cc(-c2cccc3c2oc2cccc(-c4ccccc4)c23)ccc1-c1nc(-c2ccccc2)nc(-c2ccccc2)n1. The van der Waals surface area contributed by atoms with E-state index in [0.717, 1.165) is 49.7 Å². The van der Waals surface area contributed by atoms with E-state index in [-0.39, 0.29) is 58.1 Å². The van der Waals surface area contributed by atoms with Crippen LogP contribution in [0.25, 0.3) is 106 Å². The normalized spacial score (nSPS) is 13.1. The third-order valence-electron chi connectivity index (χ3n) is 10.2. The Kier molecular flexibility index (Phi) is 6.10. The van der Waals surface area contributed by atoms with E-state index in [2.05, 4.69) is 24.3 Å². The Balaban J connectivity index is 1.26. The van der Waals surface area contributed by atoms with Crippen LogP contribution >= 0.6 is 0 Å². The van der Waals surface area contributed by atoms with Gasteiger partial charge in [0.15, 0.2) is 17.5 Å². The summed E-state index contributed by atoms with van der Waals surface area (Å²) in [5.41, 5.74) is 8.04. The van der Waals surface area contributed by atoms with Crippen LogP contribution in [-0.2, 0) is 0 Å². The fourth-order valence-electron chi connectivity index (χ4n) is 7.69. The van der Waals surface area contributed by atoms with Gasteiger partial charge < -0.3 is 8.98 Å². The minimum absolute atomic E-state index is 0.0719. The monoisotopic (exact) mass is 722 g/mol.